The quantitative estimate of drug-likeness (QED) is 0.249. The number of aliphatic hydroxyl groups is 1. The average molecular weight is 507 g/mol. The lowest BCUT2D eigenvalue weighted by molar-refractivity contribution is 0.268. The molecule has 3 N–H and O–H groups in total. The third kappa shape index (κ3) is 6.43. The van der Waals surface area contributed by atoms with Crippen LogP contribution in [0.3, 0.4) is 0 Å². The first-order valence-electron chi connectivity index (χ1n) is 9.82. The fraction of sp³-hybridized carbons (Fsp3) is 0.364. The second kappa shape index (κ2) is 11.8. The van der Waals surface area contributed by atoms with Crippen molar-refractivity contribution in [2.24, 2.45) is 4.99 Å². The smallest absolute Gasteiger partial charge is 0.191 e. The number of guanidine groups is 1. The normalized spacial score (nSPS) is 12.4. The molecular formula is C22H30IN5O. The molecule has 0 saturated carbocycles. The molecule has 0 amide bonds. The summed E-state index contributed by atoms with van der Waals surface area (Å²) in [6, 6.07) is 14.1. The Morgan fingerprint density at radius 2 is 1.97 bits per heavy atom. The number of hydrogen-bond acceptors (Lipinski definition) is 3. The number of benzene rings is 1. The Labute approximate surface area is 189 Å². The standard InChI is InChI=1S/C22H29N5O.HI/c1-3-23-22(25-14-19(16-28)18-9-5-4-6-10-18)24-12-11-20-15-27-13-7-8-17(2)21(27)26-20;/h4-10,13,15,19,28H,3,11-12,14,16H2,1-2H3,(H2,23,24,25);1H. The maximum absolute atomic E-state index is 9.72. The SMILES string of the molecule is CCNC(=NCC(CO)c1ccccc1)NCCc1cn2cccc(C)c2n1.I. The number of aliphatic hydroxyl groups excluding tert-OH is 1. The van der Waals surface area contributed by atoms with Crippen molar-refractivity contribution in [1.29, 1.82) is 0 Å². The Bertz CT molecular complexity index is 910. The molecule has 2 heterocycles. The number of fused-ring (bicyclic) bond motifs is 1. The van der Waals surface area contributed by atoms with Crippen LogP contribution in [0.15, 0.2) is 59.9 Å². The largest absolute Gasteiger partial charge is 0.396 e. The van der Waals surface area contributed by atoms with Gasteiger partial charge in [-0.2, -0.15) is 0 Å². The fourth-order valence-electron chi connectivity index (χ4n) is 3.17. The van der Waals surface area contributed by atoms with Crippen molar-refractivity contribution >= 4 is 35.6 Å². The number of aryl methyl sites for hydroxylation is 1. The summed E-state index contributed by atoms with van der Waals surface area (Å²) >= 11 is 0. The molecule has 3 aromatic rings. The zero-order chi connectivity index (χ0) is 19.8. The lowest BCUT2D eigenvalue weighted by Crippen LogP contribution is -2.38. The van der Waals surface area contributed by atoms with E-state index < -0.39 is 0 Å². The van der Waals surface area contributed by atoms with Crippen LogP contribution in [0.1, 0.15) is 29.7 Å². The molecule has 156 valence electrons. The molecule has 6 nitrogen and oxygen atoms in total. The van der Waals surface area contributed by atoms with Crippen molar-refractivity contribution in [2.45, 2.75) is 26.2 Å². The molecule has 0 radical (unpaired) electrons. The zero-order valence-corrected chi connectivity index (χ0v) is 19.3. The van der Waals surface area contributed by atoms with Crippen LogP contribution in [0.5, 0.6) is 0 Å². The van der Waals surface area contributed by atoms with Crippen molar-refractivity contribution < 1.29 is 5.11 Å². The van der Waals surface area contributed by atoms with Gasteiger partial charge in [0.1, 0.15) is 5.65 Å². The number of imidazole rings is 1. The first-order valence-corrected chi connectivity index (χ1v) is 9.82. The number of pyridine rings is 1. The summed E-state index contributed by atoms with van der Waals surface area (Å²) in [7, 11) is 0. The number of nitrogens with zero attached hydrogens (tertiary/aromatic N) is 3. The average Bonchev–Trinajstić information content (AvgIpc) is 3.13. The van der Waals surface area contributed by atoms with Crippen LogP contribution in [-0.4, -0.2) is 46.7 Å². The zero-order valence-electron chi connectivity index (χ0n) is 17.0. The fourth-order valence-corrected chi connectivity index (χ4v) is 3.17. The van der Waals surface area contributed by atoms with E-state index in [1.54, 1.807) is 0 Å². The number of nitrogens with one attached hydrogen (secondary N) is 2. The predicted molar refractivity (Wildman–Crippen MR) is 129 cm³/mol. The van der Waals surface area contributed by atoms with Gasteiger partial charge in [0.2, 0.25) is 0 Å². The number of rotatable bonds is 8. The molecule has 0 aliphatic heterocycles. The van der Waals surface area contributed by atoms with Crippen LogP contribution in [0.25, 0.3) is 5.65 Å². The first kappa shape index (κ1) is 23.2. The van der Waals surface area contributed by atoms with E-state index in [0.717, 1.165) is 42.4 Å². The van der Waals surface area contributed by atoms with Crippen LogP contribution in [0.4, 0.5) is 0 Å². The molecule has 3 rings (SSSR count). The van der Waals surface area contributed by atoms with Gasteiger partial charge in [-0.15, -0.1) is 24.0 Å². The minimum absolute atomic E-state index is 0. The highest BCUT2D eigenvalue weighted by Gasteiger charge is 2.10. The van der Waals surface area contributed by atoms with Crippen LogP contribution in [-0.2, 0) is 6.42 Å². The van der Waals surface area contributed by atoms with Gasteiger partial charge in [-0.05, 0) is 31.0 Å². The first-order chi connectivity index (χ1) is 13.7. The Hall–Kier alpha value is -2.13. The third-order valence-corrected chi connectivity index (χ3v) is 4.71. The Balaban J connectivity index is 0.00000300. The molecule has 0 saturated heterocycles. The monoisotopic (exact) mass is 507 g/mol. The van der Waals surface area contributed by atoms with Crippen molar-refractivity contribution in [3.8, 4) is 0 Å². The molecule has 2 aromatic heterocycles. The van der Waals surface area contributed by atoms with Gasteiger partial charge in [0.05, 0.1) is 18.8 Å². The molecule has 0 fully saturated rings. The summed E-state index contributed by atoms with van der Waals surface area (Å²) in [6.45, 7) is 6.25. The van der Waals surface area contributed by atoms with Gasteiger partial charge in [-0.1, -0.05) is 36.4 Å². The lowest BCUT2D eigenvalue weighted by Gasteiger charge is -2.15. The van der Waals surface area contributed by atoms with Crippen molar-refractivity contribution in [2.75, 3.05) is 26.2 Å². The Kier molecular flexibility index (Phi) is 9.40. The summed E-state index contributed by atoms with van der Waals surface area (Å²) in [6.07, 6.45) is 4.91. The van der Waals surface area contributed by atoms with E-state index in [0.29, 0.717) is 6.54 Å². The Morgan fingerprint density at radius 1 is 1.17 bits per heavy atom. The number of hydrogen-bond donors (Lipinski definition) is 3. The second-order valence-electron chi connectivity index (χ2n) is 6.84. The highest BCUT2D eigenvalue weighted by Crippen LogP contribution is 2.15. The molecule has 1 atom stereocenters. The highest BCUT2D eigenvalue weighted by molar-refractivity contribution is 14.0. The van der Waals surface area contributed by atoms with E-state index in [9.17, 15) is 5.11 Å². The molecule has 7 heteroatoms. The van der Waals surface area contributed by atoms with Crippen molar-refractivity contribution in [3.05, 3.63) is 71.7 Å². The minimum Gasteiger partial charge on any atom is -0.396 e. The molecule has 1 aromatic carbocycles. The van der Waals surface area contributed by atoms with Gasteiger partial charge in [-0.25, -0.2) is 4.98 Å². The molecule has 1 unspecified atom stereocenters. The molecule has 0 aliphatic carbocycles. The third-order valence-electron chi connectivity index (χ3n) is 4.71. The summed E-state index contributed by atoms with van der Waals surface area (Å²) in [5, 5.41) is 16.4. The van der Waals surface area contributed by atoms with Crippen molar-refractivity contribution in [1.82, 2.24) is 20.0 Å². The van der Waals surface area contributed by atoms with Crippen LogP contribution >= 0.6 is 24.0 Å². The van der Waals surface area contributed by atoms with Gasteiger partial charge < -0.3 is 20.1 Å². The summed E-state index contributed by atoms with van der Waals surface area (Å²) in [4.78, 5) is 9.37. The number of halogens is 1. The summed E-state index contributed by atoms with van der Waals surface area (Å²) < 4.78 is 2.07. The van der Waals surface area contributed by atoms with E-state index in [4.69, 9.17) is 4.98 Å². The maximum atomic E-state index is 9.72. The highest BCUT2D eigenvalue weighted by atomic mass is 127. The number of aliphatic imine (C=N–C) groups is 1. The number of aromatic nitrogens is 2. The van der Waals surface area contributed by atoms with Crippen LogP contribution in [0, 0.1) is 6.92 Å². The van der Waals surface area contributed by atoms with Crippen molar-refractivity contribution in [3.63, 3.8) is 0 Å². The van der Waals surface area contributed by atoms with E-state index in [1.807, 2.05) is 49.5 Å². The van der Waals surface area contributed by atoms with E-state index in [1.165, 1.54) is 5.56 Å². The molecule has 0 aliphatic rings. The van der Waals surface area contributed by atoms with Gasteiger partial charge in [0.25, 0.3) is 0 Å². The predicted octanol–water partition coefficient (Wildman–Crippen LogP) is 3.13. The van der Waals surface area contributed by atoms with E-state index in [-0.39, 0.29) is 36.5 Å². The van der Waals surface area contributed by atoms with Gasteiger partial charge in [0.15, 0.2) is 5.96 Å². The van der Waals surface area contributed by atoms with Gasteiger partial charge >= 0.3 is 0 Å². The van der Waals surface area contributed by atoms with Crippen LogP contribution < -0.4 is 10.6 Å². The lowest BCUT2D eigenvalue weighted by atomic mass is 10.0. The summed E-state index contributed by atoms with van der Waals surface area (Å²) in [5.74, 6) is 0.759. The molecule has 0 bridgehead atoms. The van der Waals surface area contributed by atoms with Crippen LogP contribution in [0.2, 0.25) is 0 Å². The second-order valence-corrected chi connectivity index (χ2v) is 6.84. The minimum atomic E-state index is -0.00179. The van der Waals surface area contributed by atoms with Gasteiger partial charge in [0, 0.05) is 37.8 Å². The molecule has 29 heavy (non-hydrogen) atoms. The maximum Gasteiger partial charge on any atom is 0.191 e. The summed E-state index contributed by atoms with van der Waals surface area (Å²) in [5.41, 5.74) is 4.33. The Morgan fingerprint density at radius 3 is 2.66 bits per heavy atom. The van der Waals surface area contributed by atoms with Gasteiger partial charge in [-0.3, -0.25) is 4.99 Å². The molecular weight excluding hydrogens is 477 g/mol. The van der Waals surface area contributed by atoms with E-state index in [2.05, 4.69) is 39.2 Å². The molecule has 0 spiro atoms. The van der Waals surface area contributed by atoms with E-state index >= 15 is 0 Å². The topological polar surface area (TPSA) is 74.0 Å².